The second-order valence-corrected chi connectivity index (χ2v) is 10.7. The number of benzene rings is 2. The number of halogens is 2. The Morgan fingerprint density at radius 2 is 1.91 bits per heavy atom. The largest absolute Gasteiger partial charge is 0.341 e. The monoisotopic (exact) mass is 495 g/mol. The summed E-state index contributed by atoms with van der Waals surface area (Å²) in [6.07, 6.45) is 3.87. The van der Waals surface area contributed by atoms with Crippen LogP contribution in [0.5, 0.6) is 0 Å². The lowest BCUT2D eigenvalue weighted by atomic mass is 9.76. The third-order valence-electron chi connectivity index (χ3n) is 6.55. The van der Waals surface area contributed by atoms with Gasteiger partial charge in [-0.1, -0.05) is 49.7 Å². The van der Waals surface area contributed by atoms with Gasteiger partial charge >= 0.3 is 0 Å². The van der Waals surface area contributed by atoms with Gasteiger partial charge in [0.2, 0.25) is 5.91 Å². The number of carbonyl (C=O) groups is 1. The SMILES string of the molecule is CCc1ccc([C@@]2(CCOS(C)(=O)=O)CCN(C(=O)Cc3c(F)cccc3Cl)C2)cc1CC. The number of amides is 1. The molecule has 2 aromatic carbocycles. The summed E-state index contributed by atoms with van der Waals surface area (Å²) in [5.41, 5.74) is 3.37. The molecule has 5 nitrogen and oxygen atoms in total. The van der Waals surface area contributed by atoms with Gasteiger partial charge in [0.1, 0.15) is 5.82 Å². The number of nitrogens with zero attached hydrogens (tertiary/aromatic N) is 1. The van der Waals surface area contributed by atoms with Crippen LogP contribution in [0.4, 0.5) is 4.39 Å². The molecule has 0 unspecified atom stereocenters. The van der Waals surface area contributed by atoms with Crippen molar-refractivity contribution in [1.82, 2.24) is 4.90 Å². The molecule has 1 aliphatic rings. The maximum atomic E-state index is 14.2. The maximum absolute atomic E-state index is 14.2. The standard InChI is InChI=1S/C25H31ClFNO4S/c1-4-18-9-10-20(15-19(18)5-2)25(12-14-32-33(3,30)31)11-13-28(17-25)24(29)16-21-22(26)7-6-8-23(21)27/h6-10,15H,4-5,11-14,16-17H2,1-3H3/t25-/m1/s1. The number of likely N-dealkylation sites (tertiary alicyclic amines) is 1. The van der Waals surface area contributed by atoms with Crippen LogP contribution in [0.15, 0.2) is 36.4 Å². The second kappa shape index (κ2) is 10.5. The highest BCUT2D eigenvalue weighted by Gasteiger charge is 2.41. The van der Waals surface area contributed by atoms with Crippen LogP contribution < -0.4 is 0 Å². The van der Waals surface area contributed by atoms with E-state index in [9.17, 15) is 17.6 Å². The first-order valence-corrected chi connectivity index (χ1v) is 13.5. The molecule has 1 amide bonds. The molecular formula is C25H31ClFNO4S. The molecule has 1 fully saturated rings. The van der Waals surface area contributed by atoms with E-state index in [4.69, 9.17) is 15.8 Å². The van der Waals surface area contributed by atoms with E-state index in [1.807, 2.05) is 0 Å². The van der Waals surface area contributed by atoms with Crippen molar-refractivity contribution in [3.05, 3.63) is 69.5 Å². The highest BCUT2D eigenvalue weighted by Crippen LogP contribution is 2.39. The molecule has 0 aromatic heterocycles. The molecule has 0 aliphatic carbocycles. The molecule has 0 bridgehead atoms. The number of rotatable bonds is 9. The van der Waals surface area contributed by atoms with Crippen LogP contribution >= 0.6 is 11.6 Å². The summed E-state index contributed by atoms with van der Waals surface area (Å²) in [6.45, 7) is 5.19. The zero-order valence-electron chi connectivity index (χ0n) is 19.4. The number of aryl methyl sites for hydroxylation is 2. The molecular weight excluding hydrogens is 465 g/mol. The third kappa shape index (κ3) is 6.14. The van der Waals surface area contributed by atoms with Crippen molar-refractivity contribution in [2.24, 2.45) is 0 Å². The minimum atomic E-state index is -3.57. The molecule has 8 heteroatoms. The molecule has 3 rings (SSSR count). The van der Waals surface area contributed by atoms with E-state index in [1.165, 1.54) is 23.3 Å². The molecule has 0 radical (unpaired) electrons. The first-order valence-electron chi connectivity index (χ1n) is 11.3. The second-order valence-electron chi connectivity index (χ2n) is 8.69. The van der Waals surface area contributed by atoms with Crippen LogP contribution in [0.2, 0.25) is 5.02 Å². The quantitative estimate of drug-likeness (QED) is 0.474. The Kier molecular flexibility index (Phi) is 8.19. The highest BCUT2D eigenvalue weighted by atomic mass is 35.5. The van der Waals surface area contributed by atoms with Crippen LogP contribution in [-0.4, -0.2) is 45.2 Å². The lowest BCUT2D eigenvalue weighted by molar-refractivity contribution is -0.129. The average molecular weight is 496 g/mol. The minimum absolute atomic E-state index is 0.0387. The Balaban J connectivity index is 1.87. The predicted octanol–water partition coefficient (Wildman–Crippen LogP) is 4.68. The van der Waals surface area contributed by atoms with Crippen LogP contribution in [0, 0.1) is 5.82 Å². The molecule has 1 heterocycles. The van der Waals surface area contributed by atoms with Crippen molar-refractivity contribution in [1.29, 1.82) is 0 Å². The van der Waals surface area contributed by atoms with Crippen molar-refractivity contribution in [3.63, 3.8) is 0 Å². The molecule has 1 atom stereocenters. The van der Waals surface area contributed by atoms with Gasteiger partial charge in [-0.25, -0.2) is 4.39 Å². The molecule has 2 aromatic rings. The van der Waals surface area contributed by atoms with Gasteiger partial charge in [-0.3, -0.25) is 8.98 Å². The number of hydrogen-bond donors (Lipinski definition) is 0. The maximum Gasteiger partial charge on any atom is 0.264 e. The van der Waals surface area contributed by atoms with Gasteiger partial charge in [-0.05, 0) is 54.5 Å². The van der Waals surface area contributed by atoms with Gasteiger partial charge in [-0.2, -0.15) is 8.42 Å². The van der Waals surface area contributed by atoms with Crippen LogP contribution in [0.3, 0.4) is 0 Å². The van der Waals surface area contributed by atoms with Crippen molar-refractivity contribution >= 4 is 27.6 Å². The normalized spacial score (nSPS) is 18.6. The summed E-state index contributed by atoms with van der Waals surface area (Å²) in [4.78, 5) is 14.8. The van der Waals surface area contributed by atoms with E-state index in [2.05, 4.69) is 32.0 Å². The van der Waals surface area contributed by atoms with E-state index in [0.29, 0.717) is 25.9 Å². The minimum Gasteiger partial charge on any atom is -0.341 e. The third-order valence-corrected chi connectivity index (χ3v) is 7.50. The van der Waals surface area contributed by atoms with Gasteiger partial charge in [0.05, 0.1) is 19.3 Å². The zero-order chi connectivity index (χ0) is 24.2. The van der Waals surface area contributed by atoms with E-state index in [1.54, 1.807) is 11.0 Å². The first kappa shape index (κ1) is 25.7. The first-order chi connectivity index (χ1) is 15.6. The van der Waals surface area contributed by atoms with Gasteiger partial charge < -0.3 is 4.90 Å². The van der Waals surface area contributed by atoms with Crippen molar-refractivity contribution in [2.75, 3.05) is 26.0 Å². The van der Waals surface area contributed by atoms with E-state index < -0.39 is 21.4 Å². The Morgan fingerprint density at radius 1 is 1.18 bits per heavy atom. The summed E-state index contributed by atoms with van der Waals surface area (Å²) in [5.74, 6) is -0.695. The zero-order valence-corrected chi connectivity index (χ0v) is 20.9. The fourth-order valence-corrected chi connectivity index (χ4v) is 5.27. The smallest absolute Gasteiger partial charge is 0.264 e. The van der Waals surface area contributed by atoms with Gasteiger partial charge in [-0.15, -0.1) is 0 Å². The fourth-order valence-electron chi connectivity index (χ4n) is 4.65. The topological polar surface area (TPSA) is 63.7 Å². The van der Waals surface area contributed by atoms with Gasteiger partial charge in [0, 0.05) is 29.1 Å². The fraction of sp³-hybridized carbons (Fsp3) is 0.480. The van der Waals surface area contributed by atoms with Gasteiger partial charge in [0.25, 0.3) is 10.1 Å². The lowest BCUT2D eigenvalue weighted by Gasteiger charge is -2.31. The highest BCUT2D eigenvalue weighted by molar-refractivity contribution is 7.85. The average Bonchev–Trinajstić information content (AvgIpc) is 3.20. The molecule has 0 spiro atoms. The van der Waals surface area contributed by atoms with Gasteiger partial charge in [0.15, 0.2) is 0 Å². The number of hydrogen-bond acceptors (Lipinski definition) is 4. The van der Waals surface area contributed by atoms with Crippen molar-refractivity contribution in [3.8, 4) is 0 Å². The molecule has 0 saturated carbocycles. The predicted molar refractivity (Wildman–Crippen MR) is 129 cm³/mol. The Labute approximate surface area is 201 Å². The summed E-state index contributed by atoms with van der Waals surface area (Å²) in [6, 6.07) is 10.8. The lowest BCUT2D eigenvalue weighted by Crippen LogP contribution is -2.36. The summed E-state index contributed by atoms with van der Waals surface area (Å²) >= 11 is 6.12. The van der Waals surface area contributed by atoms with E-state index in [0.717, 1.165) is 24.7 Å². The molecule has 180 valence electrons. The number of carbonyl (C=O) groups excluding carboxylic acids is 1. The van der Waals surface area contributed by atoms with Crippen LogP contribution in [0.25, 0.3) is 0 Å². The summed E-state index contributed by atoms with van der Waals surface area (Å²) in [5, 5.41) is 0.234. The molecule has 0 N–H and O–H groups in total. The van der Waals surface area contributed by atoms with Crippen LogP contribution in [-0.2, 0) is 43.8 Å². The Hall–Kier alpha value is -1.96. The molecule has 1 aliphatic heterocycles. The summed E-state index contributed by atoms with van der Waals surface area (Å²) < 4.78 is 42.4. The van der Waals surface area contributed by atoms with Crippen molar-refractivity contribution in [2.45, 2.75) is 51.4 Å². The van der Waals surface area contributed by atoms with Crippen molar-refractivity contribution < 1.29 is 21.8 Å². The Morgan fingerprint density at radius 3 is 2.55 bits per heavy atom. The van der Waals surface area contributed by atoms with E-state index in [-0.39, 0.29) is 29.5 Å². The summed E-state index contributed by atoms with van der Waals surface area (Å²) in [7, 11) is -3.57. The molecule has 33 heavy (non-hydrogen) atoms. The van der Waals surface area contributed by atoms with E-state index >= 15 is 0 Å². The van der Waals surface area contributed by atoms with Crippen LogP contribution in [0.1, 0.15) is 48.9 Å². The molecule has 1 saturated heterocycles. The Bertz CT molecular complexity index is 1100.